The molecule has 1 aromatic carbocycles. The lowest BCUT2D eigenvalue weighted by atomic mass is 9.86. The molecule has 1 heterocycles. The number of aliphatic imine (C=N–C) groups is 1. The molecular formula is C21H31IN4O2. The molecule has 3 N–H and O–H groups in total. The Labute approximate surface area is 184 Å². The summed E-state index contributed by atoms with van der Waals surface area (Å²) >= 11 is 0. The minimum atomic E-state index is -0.0386. The monoisotopic (exact) mass is 498 g/mol. The highest BCUT2D eigenvalue weighted by molar-refractivity contribution is 14.0. The van der Waals surface area contributed by atoms with Gasteiger partial charge in [0.25, 0.3) is 0 Å². The van der Waals surface area contributed by atoms with E-state index in [2.05, 4.69) is 39.1 Å². The number of carbonyl (C=O) groups is 1. The molecule has 1 amide bonds. The molecule has 2 aliphatic carbocycles. The lowest BCUT2D eigenvalue weighted by molar-refractivity contribution is -0.122. The van der Waals surface area contributed by atoms with Gasteiger partial charge in [0, 0.05) is 38.0 Å². The van der Waals surface area contributed by atoms with Crippen LogP contribution in [0.15, 0.2) is 29.3 Å². The Hall–Kier alpha value is -1.51. The highest BCUT2D eigenvalue weighted by atomic mass is 127. The average molecular weight is 498 g/mol. The molecule has 1 aromatic rings. The normalized spacial score (nSPS) is 22.6. The summed E-state index contributed by atoms with van der Waals surface area (Å²) in [5.41, 5.74) is 1.16. The van der Waals surface area contributed by atoms with Gasteiger partial charge in [0.05, 0.1) is 6.04 Å². The molecule has 4 rings (SSSR count). The van der Waals surface area contributed by atoms with Crippen molar-refractivity contribution in [2.75, 3.05) is 20.1 Å². The molecule has 1 atom stereocenters. The van der Waals surface area contributed by atoms with Crippen LogP contribution in [0, 0.1) is 5.92 Å². The summed E-state index contributed by atoms with van der Waals surface area (Å²) in [6.45, 7) is 1.28. The van der Waals surface area contributed by atoms with Gasteiger partial charge in [-0.3, -0.25) is 9.79 Å². The quantitative estimate of drug-likeness (QED) is 0.253. The molecule has 0 radical (unpaired) electrons. The molecule has 0 aromatic heterocycles. The maximum absolute atomic E-state index is 11.7. The number of benzene rings is 1. The van der Waals surface area contributed by atoms with E-state index >= 15 is 0 Å². The van der Waals surface area contributed by atoms with E-state index in [4.69, 9.17) is 4.74 Å². The minimum Gasteiger partial charge on any atom is -0.487 e. The van der Waals surface area contributed by atoms with E-state index < -0.39 is 0 Å². The van der Waals surface area contributed by atoms with Crippen molar-refractivity contribution in [3.63, 3.8) is 0 Å². The van der Waals surface area contributed by atoms with E-state index in [-0.39, 0.29) is 47.4 Å². The summed E-state index contributed by atoms with van der Waals surface area (Å²) < 4.78 is 6.43. The van der Waals surface area contributed by atoms with E-state index in [0.29, 0.717) is 13.1 Å². The van der Waals surface area contributed by atoms with Gasteiger partial charge in [0.2, 0.25) is 5.91 Å². The SMILES string of the molecule is CN=C(NCCNC(=O)C1CC1)NC1CC2(CCCC2)Oc2ccccc21.I. The maximum atomic E-state index is 11.7. The molecule has 7 heteroatoms. The van der Waals surface area contributed by atoms with Crippen molar-refractivity contribution in [1.29, 1.82) is 0 Å². The first kappa shape index (κ1) is 21.2. The highest BCUT2D eigenvalue weighted by Gasteiger charge is 2.43. The number of nitrogens with one attached hydrogen (secondary N) is 3. The van der Waals surface area contributed by atoms with E-state index in [9.17, 15) is 4.79 Å². The van der Waals surface area contributed by atoms with Gasteiger partial charge in [0.1, 0.15) is 11.4 Å². The Bertz CT molecular complexity index is 714. The minimum absolute atomic E-state index is 0. The number of hydrogen-bond acceptors (Lipinski definition) is 3. The van der Waals surface area contributed by atoms with Crippen molar-refractivity contribution in [2.45, 2.75) is 56.6 Å². The van der Waals surface area contributed by atoms with Crippen molar-refractivity contribution in [3.8, 4) is 5.75 Å². The Balaban J connectivity index is 0.00000225. The van der Waals surface area contributed by atoms with Crippen LogP contribution in [0.5, 0.6) is 5.75 Å². The Morgan fingerprint density at radius 3 is 2.61 bits per heavy atom. The number of nitrogens with zero attached hydrogens (tertiary/aromatic N) is 1. The fraction of sp³-hybridized carbons (Fsp3) is 0.619. The zero-order chi connectivity index (χ0) is 18.7. The third kappa shape index (κ3) is 4.90. The van der Waals surface area contributed by atoms with Crippen molar-refractivity contribution < 1.29 is 9.53 Å². The number of para-hydroxylation sites is 1. The molecule has 2 saturated carbocycles. The van der Waals surface area contributed by atoms with Crippen LogP contribution in [-0.2, 0) is 4.79 Å². The van der Waals surface area contributed by atoms with Crippen molar-refractivity contribution in [3.05, 3.63) is 29.8 Å². The van der Waals surface area contributed by atoms with Crippen LogP contribution in [0.2, 0.25) is 0 Å². The van der Waals surface area contributed by atoms with Gasteiger partial charge in [-0.25, -0.2) is 0 Å². The van der Waals surface area contributed by atoms with Gasteiger partial charge in [-0.15, -0.1) is 24.0 Å². The Kier molecular flexibility index (Phi) is 7.06. The molecule has 1 unspecified atom stereocenters. The lowest BCUT2D eigenvalue weighted by Gasteiger charge is -2.40. The molecule has 2 fully saturated rings. The summed E-state index contributed by atoms with van der Waals surface area (Å²) in [5.74, 6) is 2.20. The van der Waals surface area contributed by atoms with Gasteiger partial charge < -0.3 is 20.7 Å². The van der Waals surface area contributed by atoms with Crippen LogP contribution in [-0.4, -0.2) is 37.6 Å². The van der Waals surface area contributed by atoms with Crippen molar-refractivity contribution in [1.82, 2.24) is 16.0 Å². The number of carbonyl (C=O) groups excluding carboxylic acids is 1. The summed E-state index contributed by atoms with van der Waals surface area (Å²) in [6.07, 6.45) is 7.76. The fourth-order valence-corrected chi connectivity index (χ4v) is 4.29. The van der Waals surface area contributed by atoms with E-state index in [0.717, 1.165) is 43.8 Å². The van der Waals surface area contributed by atoms with Crippen molar-refractivity contribution in [2.24, 2.45) is 10.9 Å². The first-order valence-corrected chi connectivity index (χ1v) is 10.2. The van der Waals surface area contributed by atoms with Crippen LogP contribution in [0.4, 0.5) is 0 Å². The van der Waals surface area contributed by atoms with E-state index in [1.165, 1.54) is 18.4 Å². The summed E-state index contributed by atoms with van der Waals surface area (Å²) in [7, 11) is 1.79. The van der Waals surface area contributed by atoms with Gasteiger partial charge in [-0.05, 0) is 44.6 Å². The third-order valence-electron chi connectivity index (χ3n) is 5.91. The standard InChI is InChI=1S/C21H30N4O2.HI/c1-22-20(24-13-12-23-19(26)15-8-9-15)25-17-14-21(10-4-5-11-21)27-18-7-3-2-6-16(17)18;/h2-3,6-7,15,17H,4-5,8-14H2,1H3,(H,23,26)(H2,22,24,25);1H. The van der Waals surface area contributed by atoms with E-state index in [1.54, 1.807) is 7.05 Å². The topological polar surface area (TPSA) is 74.8 Å². The zero-order valence-electron chi connectivity index (χ0n) is 16.5. The molecule has 154 valence electrons. The molecule has 0 bridgehead atoms. The van der Waals surface area contributed by atoms with Crippen LogP contribution >= 0.6 is 24.0 Å². The maximum Gasteiger partial charge on any atom is 0.223 e. The third-order valence-corrected chi connectivity index (χ3v) is 5.91. The lowest BCUT2D eigenvalue weighted by Crippen LogP contribution is -2.47. The van der Waals surface area contributed by atoms with Gasteiger partial charge >= 0.3 is 0 Å². The van der Waals surface area contributed by atoms with Gasteiger partial charge in [-0.1, -0.05) is 18.2 Å². The first-order chi connectivity index (χ1) is 13.2. The van der Waals surface area contributed by atoms with Crippen LogP contribution < -0.4 is 20.7 Å². The molecule has 1 aliphatic heterocycles. The second-order valence-corrected chi connectivity index (χ2v) is 8.00. The summed E-state index contributed by atoms with van der Waals surface area (Å²) in [5, 5.41) is 9.89. The molecule has 1 spiro atoms. The number of fused-ring (bicyclic) bond motifs is 1. The predicted octanol–water partition coefficient (Wildman–Crippen LogP) is 3.13. The smallest absolute Gasteiger partial charge is 0.223 e. The second-order valence-electron chi connectivity index (χ2n) is 8.00. The van der Waals surface area contributed by atoms with Crippen LogP contribution in [0.3, 0.4) is 0 Å². The fourth-order valence-electron chi connectivity index (χ4n) is 4.29. The molecule has 3 aliphatic rings. The molecular weight excluding hydrogens is 467 g/mol. The number of halogens is 1. The summed E-state index contributed by atoms with van der Waals surface area (Å²) in [4.78, 5) is 16.1. The summed E-state index contributed by atoms with van der Waals surface area (Å²) in [6, 6.07) is 8.50. The first-order valence-electron chi connectivity index (χ1n) is 10.2. The number of hydrogen-bond donors (Lipinski definition) is 3. The Morgan fingerprint density at radius 1 is 1.18 bits per heavy atom. The largest absolute Gasteiger partial charge is 0.487 e. The highest BCUT2D eigenvalue weighted by Crippen LogP contribution is 2.46. The number of guanidine groups is 1. The number of rotatable bonds is 5. The van der Waals surface area contributed by atoms with Crippen LogP contribution in [0.1, 0.15) is 56.6 Å². The van der Waals surface area contributed by atoms with Gasteiger partial charge in [0.15, 0.2) is 5.96 Å². The Morgan fingerprint density at radius 2 is 1.89 bits per heavy atom. The zero-order valence-corrected chi connectivity index (χ0v) is 18.8. The number of ether oxygens (including phenoxy) is 1. The predicted molar refractivity (Wildman–Crippen MR) is 121 cm³/mol. The van der Waals surface area contributed by atoms with Gasteiger partial charge in [-0.2, -0.15) is 0 Å². The van der Waals surface area contributed by atoms with Crippen molar-refractivity contribution >= 4 is 35.8 Å². The second kappa shape index (κ2) is 9.33. The van der Waals surface area contributed by atoms with E-state index in [1.807, 2.05) is 6.07 Å². The molecule has 28 heavy (non-hydrogen) atoms. The molecule has 6 nitrogen and oxygen atoms in total. The average Bonchev–Trinajstić information content (AvgIpc) is 3.45. The number of amides is 1. The van der Waals surface area contributed by atoms with Crippen LogP contribution in [0.25, 0.3) is 0 Å². The molecule has 0 saturated heterocycles.